The molecule has 1 aromatic carbocycles. The van der Waals surface area contributed by atoms with Gasteiger partial charge in [0.1, 0.15) is 23.4 Å². The molecule has 124 valence electrons. The quantitative estimate of drug-likeness (QED) is 0.923. The van der Waals surface area contributed by atoms with E-state index in [1.165, 1.54) is 30.5 Å². The van der Waals surface area contributed by atoms with E-state index < -0.39 is 5.91 Å². The highest BCUT2D eigenvalue weighted by atomic mass is 19.1. The van der Waals surface area contributed by atoms with Crippen molar-refractivity contribution in [3.63, 3.8) is 0 Å². The lowest BCUT2D eigenvalue weighted by atomic mass is 10.2. The maximum atomic E-state index is 13.2. The lowest BCUT2D eigenvalue weighted by Crippen LogP contribution is -2.31. The molecule has 6 nitrogen and oxygen atoms in total. The van der Waals surface area contributed by atoms with E-state index in [0.717, 1.165) is 0 Å². The number of aromatic nitrogens is 1. The number of ether oxygens (including phenoxy) is 1. The Morgan fingerprint density at radius 1 is 1.29 bits per heavy atom. The molecular formula is C17H16FN3O3. The minimum Gasteiger partial charge on any atom is -0.488 e. The van der Waals surface area contributed by atoms with Crippen LogP contribution in [0.1, 0.15) is 27.3 Å². The molecule has 0 radical (unpaired) electrons. The Hall–Kier alpha value is -2.96. The van der Waals surface area contributed by atoms with Crippen molar-refractivity contribution in [2.24, 2.45) is 5.73 Å². The first-order chi connectivity index (χ1) is 11.5. The molecule has 1 atom stereocenters. The summed E-state index contributed by atoms with van der Waals surface area (Å²) in [6, 6.07) is 8.87. The predicted octanol–water partition coefficient (Wildman–Crippen LogP) is 1.61. The third-order valence-corrected chi connectivity index (χ3v) is 3.79. The highest BCUT2D eigenvalue weighted by molar-refractivity contribution is 5.95. The van der Waals surface area contributed by atoms with Crippen molar-refractivity contribution in [3.05, 3.63) is 59.7 Å². The van der Waals surface area contributed by atoms with Crippen LogP contribution in [0.5, 0.6) is 5.75 Å². The van der Waals surface area contributed by atoms with Crippen LogP contribution in [-0.4, -0.2) is 40.9 Å². The van der Waals surface area contributed by atoms with E-state index in [-0.39, 0.29) is 23.5 Å². The molecule has 1 saturated heterocycles. The molecule has 0 bridgehead atoms. The molecule has 3 rings (SSSR count). The van der Waals surface area contributed by atoms with Crippen molar-refractivity contribution in [1.29, 1.82) is 0 Å². The first-order valence-electron chi connectivity index (χ1n) is 7.50. The van der Waals surface area contributed by atoms with Crippen LogP contribution in [0.2, 0.25) is 0 Å². The fraction of sp³-hybridized carbons (Fsp3) is 0.235. The summed E-state index contributed by atoms with van der Waals surface area (Å²) >= 11 is 0. The number of halogens is 1. The van der Waals surface area contributed by atoms with Crippen LogP contribution in [-0.2, 0) is 0 Å². The number of primary amides is 1. The zero-order valence-electron chi connectivity index (χ0n) is 12.8. The maximum absolute atomic E-state index is 13.2. The number of benzene rings is 1. The topological polar surface area (TPSA) is 85.5 Å². The average molecular weight is 329 g/mol. The van der Waals surface area contributed by atoms with E-state index in [1.807, 2.05) is 0 Å². The van der Waals surface area contributed by atoms with Crippen molar-refractivity contribution in [3.8, 4) is 5.75 Å². The molecule has 24 heavy (non-hydrogen) atoms. The number of carbonyl (C=O) groups excluding carboxylic acids is 2. The Bertz CT molecular complexity index is 764. The molecule has 1 aromatic heterocycles. The average Bonchev–Trinajstić information content (AvgIpc) is 3.02. The van der Waals surface area contributed by atoms with E-state index in [4.69, 9.17) is 10.5 Å². The van der Waals surface area contributed by atoms with Gasteiger partial charge in [-0.2, -0.15) is 0 Å². The van der Waals surface area contributed by atoms with E-state index in [1.54, 1.807) is 17.0 Å². The van der Waals surface area contributed by atoms with Crippen LogP contribution < -0.4 is 10.5 Å². The largest absolute Gasteiger partial charge is 0.488 e. The number of carbonyl (C=O) groups is 2. The Morgan fingerprint density at radius 3 is 2.79 bits per heavy atom. The maximum Gasteiger partial charge on any atom is 0.267 e. The molecule has 1 aliphatic rings. The second-order valence-corrected chi connectivity index (χ2v) is 5.53. The summed E-state index contributed by atoms with van der Waals surface area (Å²) in [7, 11) is 0. The number of rotatable bonds is 4. The number of pyridine rings is 1. The summed E-state index contributed by atoms with van der Waals surface area (Å²) in [5.41, 5.74) is 5.62. The molecular weight excluding hydrogens is 313 g/mol. The smallest absolute Gasteiger partial charge is 0.267 e. The molecule has 0 aliphatic carbocycles. The fourth-order valence-corrected chi connectivity index (χ4v) is 2.59. The first kappa shape index (κ1) is 15.9. The molecule has 0 saturated carbocycles. The minimum absolute atomic E-state index is 0.111. The highest BCUT2D eigenvalue weighted by Gasteiger charge is 2.28. The van der Waals surface area contributed by atoms with Crippen LogP contribution in [0.15, 0.2) is 42.6 Å². The molecule has 1 aliphatic heterocycles. The lowest BCUT2D eigenvalue weighted by Gasteiger charge is -2.17. The Labute approximate surface area is 138 Å². The van der Waals surface area contributed by atoms with Gasteiger partial charge in [-0.25, -0.2) is 4.39 Å². The van der Waals surface area contributed by atoms with Gasteiger partial charge in [0.25, 0.3) is 11.8 Å². The van der Waals surface area contributed by atoms with Crippen molar-refractivity contribution in [1.82, 2.24) is 9.88 Å². The molecule has 1 unspecified atom stereocenters. The Kier molecular flexibility index (Phi) is 4.41. The van der Waals surface area contributed by atoms with Gasteiger partial charge < -0.3 is 15.4 Å². The van der Waals surface area contributed by atoms with E-state index in [9.17, 15) is 14.0 Å². The summed E-state index contributed by atoms with van der Waals surface area (Å²) in [4.78, 5) is 29.0. The monoisotopic (exact) mass is 329 g/mol. The SMILES string of the molecule is NC(=O)c1ccc(C(=O)N2CCC(Oc3cccc(F)c3)C2)cn1. The lowest BCUT2D eigenvalue weighted by molar-refractivity contribution is 0.0771. The van der Waals surface area contributed by atoms with E-state index in [2.05, 4.69) is 4.98 Å². The molecule has 7 heteroatoms. The third-order valence-electron chi connectivity index (χ3n) is 3.79. The molecule has 2 N–H and O–H groups in total. The highest BCUT2D eigenvalue weighted by Crippen LogP contribution is 2.20. The number of hydrogen-bond acceptors (Lipinski definition) is 4. The molecule has 2 heterocycles. The van der Waals surface area contributed by atoms with Gasteiger partial charge in [-0.15, -0.1) is 0 Å². The van der Waals surface area contributed by atoms with Crippen LogP contribution in [0.4, 0.5) is 4.39 Å². The molecule has 1 fully saturated rings. The standard InChI is InChI=1S/C17H16FN3O3/c18-12-2-1-3-13(8-12)24-14-6-7-21(10-14)17(23)11-4-5-15(16(19)22)20-9-11/h1-5,8-9,14H,6-7,10H2,(H2,19,22). The number of likely N-dealkylation sites (tertiary alicyclic amines) is 1. The summed E-state index contributed by atoms with van der Waals surface area (Å²) in [5, 5.41) is 0. The molecule has 2 aromatic rings. The zero-order chi connectivity index (χ0) is 17.1. The van der Waals surface area contributed by atoms with Gasteiger partial charge in [0.2, 0.25) is 0 Å². The van der Waals surface area contributed by atoms with Crippen LogP contribution in [0.3, 0.4) is 0 Å². The van der Waals surface area contributed by atoms with Gasteiger partial charge in [-0.1, -0.05) is 6.07 Å². The first-order valence-corrected chi connectivity index (χ1v) is 7.50. The summed E-state index contributed by atoms with van der Waals surface area (Å²) < 4.78 is 18.9. The second-order valence-electron chi connectivity index (χ2n) is 5.53. The fourth-order valence-electron chi connectivity index (χ4n) is 2.59. The number of nitrogens with zero attached hydrogens (tertiary/aromatic N) is 2. The summed E-state index contributed by atoms with van der Waals surface area (Å²) in [6.07, 6.45) is 1.81. The van der Waals surface area contributed by atoms with Crippen molar-refractivity contribution >= 4 is 11.8 Å². The van der Waals surface area contributed by atoms with Gasteiger partial charge in [-0.3, -0.25) is 14.6 Å². The van der Waals surface area contributed by atoms with Crippen LogP contribution in [0, 0.1) is 5.82 Å². The van der Waals surface area contributed by atoms with E-state index >= 15 is 0 Å². The van der Waals surface area contributed by atoms with Gasteiger partial charge in [0.05, 0.1) is 12.1 Å². The van der Waals surface area contributed by atoms with Gasteiger partial charge in [0, 0.05) is 25.2 Å². The van der Waals surface area contributed by atoms with Crippen LogP contribution >= 0.6 is 0 Å². The normalized spacial score (nSPS) is 16.9. The Morgan fingerprint density at radius 2 is 2.12 bits per heavy atom. The van der Waals surface area contributed by atoms with Gasteiger partial charge in [-0.05, 0) is 24.3 Å². The van der Waals surface area contributed by atoms with Gasteiger partial charge in [0.15, 0.2) is 0 Å². The molecule has 2 amide bonds. The minimum atomic E-state index is -0.640. The summed E-state index contributed by atoms with van der Waals surface area (Å²) in [5.74, 6) is -0.747. The Balaban J connectivity index is 1.62. The third kappa shape index (κ3) is 3.51. The van der Waals surface area contributed by atoms with Crippen molar-refractivity contribution < 1.29 is 18.7 Å². The number of hydrogen-bond donors (Lipinski definition) is 1. The van der Waals surface area contributed by atoms with Crippen molar-refractivity contribution in [2.75, 3.05) is 13.1 Å². The van der Waals surface area contributed by atoms with E-state index in [0.29, 0.717) is 30.8 Å². The second kappa shape index (κ2) is 6.66. The van der Waals surface area contributed by atoms with Crippen LogP contribution in [0.25, 0.3) is 0 Å². The zero-order valence-corrected chi connectivity index (χ0v) is 12.8. The predicted molar refractivity (Wildman–Crippen MR) is 84.1 cm³/mol. The molecule has 0 spiro atoms. The summed E-state index contributed by atoms with van der Waals surface area (Å²) in [6.45, 7) is 0.948. The number of amides is 2. The van der Waals surface area contributed by atoms with Gasteiger partial charge >= 0.3 is 0 Å². The number of nitrogens with two attached hydrogens (primary N) is 1. The van der Waals surface area contributed by atoms with Crippen molar-refractivity contribution in [2.45, 2.75) is 12.5 Å².